The van der Waals surface area contributed by atoms with Gasteiger partial charge in [-0.25, -0.2) is 0 Å². The summed E-state index contributed by atoms with van der Waals surface area (Å²) in [5.41, 5.74) is 8.96. The van der Waals surface area contributed by atoms with E-state index in [4.69, 9.17) is 22.3 Å². The minimum atomic E-state index is -0.841. The van der Waals surface area contributed by atoms with Crippen molar-refractivity contribution in [2.75, 3.05) is 0 Å². The maximum absolute atomic E-state index is 7.25. The Labute approximate surface area is 132 Å². The molecule has 0 spiro atoms. The van der Waals surface area contributed by atoms with E-state index in [-0.39, 0.29) is 61.3 Å². The number of nitrogens with zero attached hydrogens (tertiary/aromatic N) is 2. The summed E-state index contributed by atoms with van der Waals surface area (Å²) in [4.78, 5) is 0. The first kappa shape index (κ1) is 30.6. The lowest BCUT2D eigenvalue weighted by atomic mass is 10.1. The average Bonchev–Trinajstić information content (AvgIpc) is 2.01. The summed E-state index contributed by atoms with van der Waals surface area (Å²) in [6.07, 6.45) is 0. The third-order valence-electron chi connectivity index (χ3n) is 1.87. The number of azo groups is 1. The Kier molecular flexibility index (Phi) is 18.0. The first-order valence-corrected chi connectivity index (χ1v) is 4.22. The number of hydrogen-bond acceptors (Lipinski definition) is 4. The van der Waals surface area contributed by atoms with E-state index >= 15 is 0 Å². The molecule has 0 aromatic carbocycles. The molecule has 0 saturated heterocycles. The average molecular weight is 344 g/mol. The Morgan fingerprint density at radius 1 is 0.722 bits per heavy atom. The second-order valence-electron chi connectivity index (χ2n) is 4.15. The molecular formula is C8H22Cl4N6. The SMILES string of the molecule is CC(C)(N=NC(C)(C)C(=N)N)C(=N)N.Cl.Cl.Cl.Cl. The normalized spacial score (nSPS) is 10.2. The highest BCUT2D eigenvalue weighted by Gasteiger charge is 2.25. The van der Waals surface area contributed by atoms with Crippen LogP contribution in [0.1, 0.15) is 27.7 Å². The Hall–Kier alpha value is -0.300. The van der Waals surface area contributed by atoms with Crippen molar-refractivity contribution in [3.8, 4) is 0 Å². The topological polar surface area (TPSA) is 124 Å². The van der Waals surface area contributed by atoms with Gasteiger partial charge < -0.3 is 11.5 Å². The number of nitrogens with two attached hydrogens (primary N) is 2. The molecule has 0 aromatic rings. The van der Waals surface area contributed by atoms with Crippen LogP contribution in [-0.2, 0) is 0 Å². The number of amidine groups is 2. The van der Waals surface area contributed by atoms with Crippen LogP contribution in [0.5, 0.6) is 0 Å². The van der Waals surface area contributed by atoms with Gasteiger partial charge in [-0.05, 0) is 27.7 Å². The third kappa shape index (κ3) is 9.70. The third-order valence-corrected chi connectivity index (χ3v) is 1.87. The van der Waals surface area contributed by atoms with E-state index in [9.17, 15) is 0 Å². The summed E-state index contributed by atoms with van der Waals surface area (Å²) >= 11 is 0. The molecular weight excluding hydrogens is 322 g/mol. The lowest BCUT2D eigenvalue weighted by Crippen LogP contribution is -2.38. The van der Waals surface area contributed by atoms with Crippen molar-refractivity contribution >= 4 is 61.3 Å². The van der Waals surface area contributed by atoms with Gasteiger partial charge in [0.25, 0.3) is 0 Å². The first-order valence-electron chi connectivity index (χ1n) is 4.22. The lowest BCUT2D eigenvalue weighted by molar-refractivity contribution is 0.557. The minimum Gasteiger partial charge on any atom is -0.386 e. The zero-order chi connectivity index (χ0) is 11.6. The Bertz CT molecular complexity index is 261. The van der Waals surface area contributed by atoms with Gasteiger partial charge in [0, 0.05) is 0 Å². The number of rotatable bonds is 4. The zero-order valence-corrected chi connectivity index (χ0v) is 13.9. The summed E-state index contributed by atoms with van der Waals surface area (Å²) in [5, 5.41) is 22.3. The van der Waals surface area contributed by atoms with Crippen molar-refractivity contribution in [3.05, 3.63) is 0 Å². The summed E-state index contributed by atoms with van der Waals surface area (Å²) in [6.45, 7) is 6.70. The van der Waals surface area contributed by atoms with Gasteiger partial charge in [-0.15, -0.1) is 49.6 Å². The van der Waals surface area contributed by atoms with Gasteiger partial charge in [0.05, 0.1) is 0 Å². The monoisotopic (exact) mass is 342 g/mol. The molecule has 0 aliphatic heterocycles. The second kappa shape index (κ2) is 10.6. The van der Waals surface area contributed by atoms with Crippen molar-refractivity contribution in [1.82, 2.24) is 0 Å². The van der Waals surface area contributed by atoms with Gasteiger partial charge in [-0.1, -0.05) is 0 Å². The van der Waals surface area contributed by atoms with Crippen LogP contribution in [0.4, 0.5) is 0 Å². The molecule has 10 heteroatoms. The van der Waals surface area contributed by atoms with Crippen LogP contribution in [0.25, 0.3) is 0 Å². The predicted octanol–water partition coefficient (Wildman–Crippen LogP) is 2.55. The van der Waals surface area contributed by atoms with Gasteiger partial charge in [0.2, 0.25) is 0 Å². The van der Waals surface area contributed by atoms with Crippen LogP contribution >= 0.6 is 49.6 Å². The molecule has 0 aliphatic rings. The van der Waals surface area contributed by atoms with Crippen LogP contribution in [0.15, 0.2) is 10.2 Å². The number of hydrogen-bond donors (Lipinski definition) is 4. The van der Waals surface area contributed by atoms with Crippen LogP contribution in [0.2, 0.25) is 0 Å². The summed E-state index contributed by atoms with van der Waals surface area (Å²) in [6, 6.07) is 0. The van der Waals surface area contributed by atoms with Gasteiger partial charge in [0.1, 0.15) is 22.7 Å². The van der Waals surface area contributed by atoms with Crippen LogP contribution < -0.4 is 11.5 Å². The number of nitrogens with one attached hydrogen (secondary N) is 2. The van der Waals surface area contributed by atoms with E-state index in [0.717, 1.165) is 0 Å². The number of halogens is 4. The van der Waals surface area contributed by atoms with E-state index in [0.29, 0.717) is 0 Å². The highest BCUT2D eigenvalue weighted by molar-refractivity contribution is 5.87. The van der Waals surface area contributed by atoms with Gasteiger partial charge >= 0.3 is 0 Å². The molecule has 0 bridgehead atoms. The second-order valence-corrected chi connectivity index (χ2v) is 4.15. The molecule has 112 valence electrons. The molecule has 0 saturated carbocycles. The van der Waals surface area contributed by atoms with Crippen molar-refractivity contribution in [2.24, 2.45) is 21.7 Å². The van der Waals surface area contributed by atoms with Gasteiger partial charge in [0.15, 0.2) is 0 Å². The first-order chi connectivity index (χ1) is 6.09. The Balaban J connectivity index is -0.000000141. The van der Waals surface area contributed by atoms with Crippen molar-refractivity contribution < 1.29 is 0 Å². The van der Waals surface area contributed by atoms with E-state index in [1.54, 1.807) is 27.7 Å². The standard InChI is InChI=1S/C8H18N6.4ClH/c1-7(2,5(9)10)13-14-8(3,4)6(11)12;;;;/h1-4H3,(H3,9,10)(H3,11,12);4*1H. The lowest BCUT2D eigenvalue weighted by Gasteiger charge is -2.20. The molecule has 18 heavy (non-hydrogen) atoms. The molecule has 0 heterocycles. The van der Waals surface area contributed by atoms with E-state index in [1.165, 1.54) is 0 Å². The molecule has 0 radical (unpaired) electrons. The molecule has 0 unspecified atom stereocenters. The summed E-state index contributed by atoms with van der Waals surface area (Å²) in [5.74, 6) is -0.138. The summed E-state index contributed by atoms with van der Waals surface area (Å²) < 4.78 is 0. The van der Waals surface area contributed by atoms with Crippen LogP contribution in [0, 0.1) is 10.8 Å². The molecule has 0 atom stereocenters. The fourth-order valence-corrected chi connectivity index (χ4v) is 0.358. The van der Waals surface area contributed by atoms with Gasteiger partial charge in [-0.2, -0.15) is 10.2 Å². The fraction of sp³-hybridized carbons (Fsp3) is 0.750. The molecule has 0 amide bonds. The smallest absolute Gasteiger partial charge is 0.132 e. The van der Waals surface area contributed by atoms with E-state index < -0.39 is 11.1 Å². The molecule has 6 N–H and O–H groups in total. The quantitative estimate of drug-likeness (QED) is 0.355. The Morgan fingerprint density at radius 2 is 0.889 bits per heavy atom. The summed E-state index contributed by atoms with van der Waals surface area (Å²) in [7, 11) is 0. The fourth-order valence-electron chi connectivity index (χ4n) is 0.358. The highest BCUT2D eigenvalue weighted by atomic mass is 35.5. The predicted molar refractivity (Wildman–Crippen MR) is 85.8 cm³/mol. The van der Waals surface area contributed by atoms with Crippen molar-refractivity contribution in [1.29, 1.82) is 10.8 Å². The van der Waals surface area contributed by atoms with E-state index in [2.05, 4.69) is 10.2 Å². The largest absolute Gasteiger partial charge is 0.386 e. The molecule has 0 aliphatic carbocycles. The highest BCUT2D eigenvalue weighted by Crippen LogP contribution is 2.15. The Morgan fingerprint density at radius 3 is 1.00 bits per heavy atom. The van der Waals surface area contributed by atoms with Crippen LogP contribution in [0.3, 0.4) is 0 Å². The van der Waals surface area contributed by atoms with Gasteiger partial charge in [-0.3, -0.25) is 10.8 Å². The molecule has 0 fully saturated rings. The maximum atomic E-state index is 7.25. The van der Waals surface area contributed by atoms with E-state index in [1.807, 2.05) is 0 Å². The van der Waals surface area contributed by atoms with Crippen molar-refractivity contribution in [3.63, 3.8) is 0 Å². The zero-order valence-electron chi connectivity index (χ0n) is 10.7. The molecule has 0 rings (SSSR count). The van der Waals surface area contributed by atoms with Crippen molar-refractivity contribution in [2.45, 2.75) is 38.8 Å². The molecule has 6 nitrogen and oxygen atoms in total. The minimum absolute atomic E-state index is 0. The molecule has 0 aromatic heterocycles. The maximum Gasteiger partial charge on any atom is 0.132 e. The van der Waals surface area contributed by atoms with Crippen LogP contribution in [-0.4, -0.2) is 22.7 Å².